The van der Waals surface area contributed by atoms with Crippen LogP contribution in [0, 0.1) is 0 Å². The Morgan fingerprint density at radius 1 is 1.39 bits per heavy atom. The SMILES string of the molecule is C=CC(C(=O)N(C)OC)S(=O)(=O)c1ccccc1. The maximum absolute atomic E-state index is 12.3. The molecule has 1 rings (SSSR count). The number of hydroxylamine groups is 2. The minimum atomic E-state index is -3.79. The summed E-state index contributed by atoms with van der Waals surface area (Å²) in [6.45, 7) is 3.41. The molecule has 0 saturated heterocycles. The number of rotatable bonds is 5. The van der Waals surface area contributed by atoms with E-state index in [0.717, 1.165) is 11.1 Å². The highest BCUT2D eigenvalue weighted by Gasteiger charge is 2.33. The number of nitrogens with zero attached hydrogens (tertiary/aromatic N) is 1. The highest BCUT2D eigenvalue weighted by atomic mass is 32.2. The van der Waals surface area contributed by atoms with E-state index in [1.165, 1.54) is 26.3 Å². The predicted molar refractivity (Wildman–Crippen MR) is 67.4 cm³/mol. The van der Waals surface area contributed by atoms with Gasteiger partial charge >= 0.3 is 0 Å². The first kappa shape index (κ1) is 14.4. The van der Waals surface area contributed by atoms with E-state index in [9.17, 15) is 13.2 Å². The smallest absolute Gasteiger partial charge is 0.268 e. The zero-order chi connectivity index (χ0) is 13.8. The second kappa shape index (κ2) is 5.79. The Morgan fingerprint density at radius 2 is 1.94 bits per heavy atom. The molecular formula is C12H15NO4S. The van der Waals surface area contributed by atoms with Crippen LogP contribution in [-0.2, 0) is 19.5 Å². The first-order valence-corrected chi connectivity index (χ1v) is 6.73. The average Bonchev–Trinajstić information content (AvgIpc) is 2.39. The van der Waals surface area contributed by atoms with Gasteiger partial charge in [-0.1, -0.05) is 24.3 Å². The molecule has 1 aromatic rings. The molecule has 0 heterocycles. The molecule has 0 aliphatic heterocycles. The maximum Gasteiger partial charge on any atom is 0.268 e. The van der Waals surface area contributed by atoms with E-state index in [0.29, 0.717) is 0 Å². The lowest BCUT2D eigenvalue weighted by atomic mass is 10.4. The molecule has 1 unspecified atom stereocenters. The van der Waals surface area contributed by atoms with Gasteiger partial charge in [0.2, 0.25) is 0 Å². The molecule has 0 aliphatic rings. The highest BCUT2D eigenvalue weighted by Crippen LogP contribution is 2.18. The average molecular weight is 269 g/mol. The molecule has 18 heavy (non-hydrogen) atoms. The van der Waals surface area contributed by atoms with Gasteiger partial charge in [-0.2, -0.15) is 0 Å². The zero-order valence-corrected chi connectivity index (χ0v) is 11.1. The minimum absolute atomic E-state index is 0.0766. The molecule has 0 aliphatic carbocycles. The Labute approximate surface area is 107 Å². The van der Waals surface area contributed by atoms with Crippen LogP contribution in [0.3, 0.4) is 0 Å². The van der Waals surface area contributed by atoms with Gasteiger partial charge < -0.3 is 0 Å². The van der Waals surface area contributed by atoms with Gasteiger partial charge in [-0.15, -0.1) is 6.58 Å². The fraction of sp³-hybridized carbons (Fsp3) is 0.250. The lowest BCUT2D eigenvalue weighted by Crippen LogP contribution is -2.39. The Bertz CT molecular complexity index is 524. The molecule has 0 N–H and O–H groups in total. The van der Waals surface area contributed by atoms with Gasteiger partial charge in [-0.05, 0) is 12.1 Å². The van der Waals surface area contributed by atoms with Crippen LogP contribution in [0.25, 0.3) is 0 Å². The first-order chi connectivity index (χ1) is 8.45. The van der Waals surface area contributed by atoms with Gasteiger partial charge in [0.05, 0.1) is 12.0 Å². The lowest BCUT2D eigenvalue weighted by Gasteiger charge is -2.19. The third kappa shape index (κ3) is 2.77. The van der Waals surface area contributed by atoms with Crippen molar-refractivity contribution >= 4 is 15.7 Å². The number of carbonyl (C=O) groups is 1. The van der Waals surface area contributed by atoms with Crippen LogP contribution >= 0.6 is 0 Å². The number of hydrogen-bond donors (Lipinski definition) is 0. The molecular weight excluding hydrogens is 254 g/mol. The highest BCUT2D eigenvalue weighted by molar-refractivity contribution is 7.93. The van der Waals surface area contributed by atoms with Crippen molar-refractivity contribution in [2.45, 2.75) is 10.1 Å². The van der Waals surface area contributed by atoms with E-state index in [2.05, 4.69) is 6.58 Å². The van der Waals surface area contributed by atoms with Crippen molar-refractivity contribution in [2.75, 3.05) is 14.2 Å². The Morgan fingerprint density at radius 3 is 2.39 bits per heavy atom. The van der Waals surface area contributed by atoms with E-state index in [-0.39, 0.29) is 4.90 Å². The summed E-state index contributed by atoms with van der Waals surface area (Å²) < 4.78 is 24.5. The third-order valence-corrected chi connectivity index (χ3v) is 4.44. The second-order valence-corrected chi connectivity index (χ2v) is 5.60. The van der Waals surface area contributed by atoms with E-state index in [1.807, 2.05) is 0 Å². The predicted octanol–water partition coefficient (Wildman–Crippen LogP) is 1.03. The summed E-state index contributed by atoms with van der Waals surface area (Å²) in [5.41, 5.74) is 0. The van der Waals surface area contributed by atoms with Crippen LogP contribution in [0.15, 0.2) is 47.9 Å². The van der Waals surface area contributed by atoms with Gasteiger partial charge in [0, 0.05) is 7.05 Å². The molecule has 6 heteroatoms. The molecule has 0 bridgehead atoms. The summed E-state index contributed by atoms with van der Waals surface area (Å²) in [5, 5.41) is -0.489. The van der Waals surface area contributed by atoms with Crippen molar-refractivity contribution in [2.24, 2.45) is 0 Å². The molecule has 1 amide bonds. The number of hydrogen-bond acceptors (Lipinski definition) is 4. The van der Waals surface area contributed by atoms with Crippen LogP contribution in [0.2, 0.25) is 0 Å². The van der Waals surface area contributed by atoms with Gasteiger partial charge in [-0.3, -0.25) is 9.63 Å². The standard InChI is InChI=1S/C12H15NO4S/c1-4-11(12(14)13(2)17-3)18(15,16)10-8-6-5-7-9-10/h4-9,11H,1H2,2-3H3. The fourth-order valence-corrected chi connectivity index (χ4v) is 2.88. The summed E-state index contributed by atoms with van der Waals surface area (Å²) in [7, 11) is -1.16. The Balaban J connectivity index is 3.17. The molecule has 0 saturated carbocycles. The first-order valence-electron chi connectivity index (χ1n) is 5.18. The zero-order valence-electron chi connectivity index (χ0n) is 10.2. The second-order valence-electron chi connectivity index (χ2n) is 3.53. The number of amides is 1. The monoisotopic (exact) mass is 269 g/mol. The summed E-state index contributed by atoms with van der Waals surface area (Å²) in [6.07, 6.45) is 1.10. The molecule has 1 aromatic carbocycles. The number of benzene rings is 1. The molecule has 0 fully saturated rings. The molecule has 0 radical (unpaired) electrons. The van der Waals surface area contributed by atoms with Crippen LogP contribution in [0.1, 0.15) is 0 Å². The van der Waals surface area contributed by atoms with E-state index in [1.54, 1.807) is 18.2 Å². The van der Waals surface area contributed by atoms with Gasteiger partial charge in [-0.25, -0.2) is 13.5 Å². The third-order valence-electron chi connectivity index (χ3n) is 2.45. The minimum Gasteiger partial charge on any atom is -0.275 e. The van der Waals surface area contributed by atoms with E-state index >= 15 is 0 Å². The topological polar surface area (TPSA) is 63.7 Å². The van der Waals surface area contributed by atoms with Crippen LogP contribution in [0.4, 0.5) is 0 Å². The van der Waals surface area contributed by atoms with E-state index < -0.39 is 21.0 Å². The summed E-state index contributed by atoms with van der Waals surface area (Å²) >= 11 is 0. The molecule has 1 atom stereocenters. The van der Waals surface area contributed by atoms with Crippen molar-refractivity contribution in [3.8, 4) is 0 Å². The van der Waals surface area contributed by atoms with Gasteiger partial charge in [0.1, 0.15) is 0 Å². The van der Waals surface area contributed by atoms with Crippen molar-refractivity contribution in [3.05, 3.63) is 43.0 Å². The lowest BCUT2D eigenvalue weighted by molar-refractivity contribution is -0.167. The summed E-state index contributed by atoms with van der Waals surface area (Å²) in [6, 6.07) is 7.76. The van der Waals surface area contributed by atoms with Gasteiger partial charge in [0.15, 0.2) is 15.1 Å². The van der Waals surface area contributed by atoms with Crippen molar-refractivity contribution in [1.29, 1.82) is 0 Å². The molecule has 5 nitrogen and oxygen atoms in total. The van der Waals surface area contributed by atoms with Crippen LogP contribution in [-0.4, -0.2) is 38.8 Å². The normalized spacial score (nSPS) is 12.8. The van der Waals surface area contributed by atoms with Crippen molar-refractivity contribution in [3.63, 3.8) is 0 Å². The summed E-state index contributed by atoms with van der Waals surface area (Å²) in [5.74, 6) is -0.684. The van der Waals surface area contributed by atoms with Crippen LogP contribution in [0.5, 0.6) is 0 Å². The van der Waals surface area contributed by atoms with E-state index in [4.69, 9.17) is 4.84 Å². The number of sulfone groups is 1. The quantitative estimate of drug-likeness (QED) is 0.591. The van der Waals surface area contributed by atoms with Crippen LogP contribution < -0.4 is 0 Å². The number of carbonyl (C=O) groups excluding carboxylic acids is 1. The largest absolute Gasteiger partial charge is 0.275 e. The van der Waals surface area contributed by atoms with Crippen molar-refractivity contribution < 1.29 is 18.0 Å². The van der Waals surface area contributed by atoms with Gasteiger partial charge in [0.25, 0.3) is 5.91 Å². The molecule has 0 spiro atoms. The van der Waals surface area contributed by atoms with Crippen molar-refractivity contribution in [1.82, 2.24) is 5.06 Å². The Kier molecular flexibility index (Phi) is 4.63. The molecule has 0 aromatic heterocycles. The fourth-order valence-electron chi connectivity index (χ4n) is 1.39. The maximum atomic E-state index is 12.3. The Hall–Kier alpha value is -1.66. The molecule has 98 valence electrons. The summed E-state index contributed by atoms with van der Waals surface area (Å²) in [4.78, 5) is 16.6.